The number of unbranched alkanes of at least 4 members (excludes halogenated alkanes) is 18. The summed E-state index contributed by atoms with van der Waals surface area (Å²) in [7, 11) is -4.22. The molecule has 0 bridgehead atoms. The van der Waals surface area contributed by atoms with Gasteiger partial charge in [-0.05, 0) is 42.5 Å². The van der Waals surface area contributed by atoms with Crippen molar-refractivity contribution in [1.82, 2.24) is 0 Å². The van der Waals surface area contributed by atoms with Gasteiger partial charge in [0.2, 0.25) is 0 Å². The van der Waals surface area contributed by atoms with E-state index in [1.807, 2.05) is 13.8 Å². The first-order valence-corrected chi connectivity index (χ1v) is 16.5. The molecule has 0 aliphatic carbocycles. The highest BCUT2D eigenvalue weighted by atomic mass is 32.2. The quantitative estimate of drug-likeness (QED) is 0.114. The topological polar surface area (TPSA) is 63.6 Å². The molecule has 1 aromatic carbocycles. The fourth-order valence-corrected chi connectivity index (χ4v) is 5.64. The largest absolute Gasteiger partial charge is 0.493 e. The van der Waals surface area contributed by atoms with Gasteiger partial charge < -0.3 is 4.74 Å². The van der Waals surface area contributed by atoms with Crippen molar-refractivity contribution in [2.45, 2.75) is 161 Å². The molecule has 36 heavy (non-hydrogen) atoms. The monoisotopic (exact) mass is 524 g/mol. The zero-order valence-electron chi connectivity index (χ0n) is 24.0. The van der Waals surface area contributed by atoms with Crippen molar-refractivity contribution < 1.29 is 17.7 Å². The summed E-state index contributed by atoms with van der Waals surface area (Å²) >= 11 is 0. The number of hydrogen-bond acceptors (Lipinski definition) is 3. The molecule has 0 aromatic heterocycles. The van der Waals surface area contributed by atoms with Crippen molar-refractivity contribution >= 4 is 10.1 Å². The Labute approximate surface area is 223 Å². The maximum Gasteiger partial charge on any atom is 0.294 e. The van der Waals surface area contributed by atoms with Gasteiger partial charge in [-0.1, -0.05) is 136 Å². The van der Waals surface area contributed by atoms with Crippen molar-refractivity contribution in [1.29, 1.82) is 0 Å². The molecule has 0 atom stereocenters. The molecule has 210 valence electrons. The second-order valence-corrected chi connectivity index (χ2v) is 12.4. The SMILES string of the molecule is CCCCCCCCCCCCCCCCCCCCCOc1cc(C)c(S(=O)(=O)O)cc1C(C)C. The first-order valence-electron chi connectivity index (χ1n) is 15.0. The minimum absolute atomic E-state index is 0.0259. The smallest absolute Gasteiger partial charge is 0.294 e. The lowest BCUT2D eigenvalue weighted by Gasteiger charge is -2.17. The predicted molar refractivity (Wildman–Crippen MR) is 154 cm³/mol. The average molecular weight is 525 g/mol. The number of aryl methyl sites for hydroxylation is 1. The number of rotatable bonds is 23. The van der Waals surface area contributed by atoms with E-state index in [1.165, 1.54) is 109 Å². The Kier molecular flexibility index (Phi) is 18.3. The molecule has 0 unspecified atom stereocenters. The fourth-order valence-electron chi connectivity index (χ4n) is 4.89. The molecule has 0 aliphatic heterocycles. The Hall–Kier alpha value is -1.07. The molecule has 0 saturated heterocycles. The normalized spacial score (nSPS) is 11.9. The van der Waals surface area contributed by atoms with E-state index in [2.05, 4.69) is 6.92 Å². The second kappa shape index (κ2) is 20.0. The third-order valence-corrected chi connectivity index (χ3v) is 8.21. The third kappa shape index (κ3) is 15.2. The molecule has 0 amide bonds. The zero-order chi connectivity index (χ0) is 26.7. The van der Waals surface area contributed by atoms with Crippen LogP contribution in [0, 0.1) is 6.92 Å². The van der Waals surface area contributed by atoms with Crippen LogP contribution in [0.15, 0.2) is 17.0 Å². The van der Waals surface area contributed by atoms with Crippen LogP contribution < -0.4 is 4.74 Å². The van der Waals surface area contributed by atoms with Crippen LogP contribution in [0.2, 0.25) is 0 Å². The van der Waals surface area contributed by atoms with Crippen LogP contribution in [0.4, 0.5) is 0 Å². The molecule has 0 fully saturated rings. The maximum absolute atomic E-state index is 11.6. The predicted octanol–water partition coefficient (Wildman–Crippen LogP) is 10.2. The molecule has 0 saturated carbocycles. The lowest BCUT2D eigenvalue weighted by molar-refractivity contribution is 0.300. The van der Waals surface area contributed by atoms with Crippen LogP contribution >= 0.6 is 0 Å². The van der Waals surface area contributed by atoms with Gasteiger partial charge in [0.05, 0.1) is 11.5 Å². The van der Waals surface area contributed by atoms with Gasteiger partial charge in [-0.2, -0.15) is 8.42 Å². The van der Waals surface area contributed by atoms with Gasteiger partial charge in [-0.3, -0.25) is 4.55 Å². The Morgan fingerprint density at radius 3 is 1.44 bits per heavy atom. The summed E-state index contributed by atoms with van der Waals surface area (Å²) < 4.78 is 38.7. The van der Waals surface area contributed by atoms with E-state index in [4.69, 9.17) is 4.74 Å². The Morgan fingerprint density at radius 2 is 1.08 bits per heavy atom. The van der Waals surface area contributed by atoms with Crippen LogP contribution in [0.1, 0.15) is 160 Å². The summed E-state index contributed by atoms with van der Waals surface area (Å²) in [4.78, 5) is -0.0259. The maximum atomic E-state index is 11.6. The fraction of sp³-hybridized carbons (Fsp3) is 0.806. The molecule has 0 heterocycles. The summed E-state index contributed by atoms with van der Waals surface area (Å²) in [5.74, 6) is 0.850. The summed E-state index contributed by atoms with van der Waals surface area (Å²) in [6, 6.07) is 3.30. The summed E-state index contributed by atoms with van der Waals surface area (Å²) in [6.07, 6.45) is 25.9. The Balaban J connectivity index is 2.00. The molecule has 5 heteroatoms. The van der Waals surface area contributed by atoms with Crippen molar-refractivity contribution in [2.75, 3.05) is 6.61 Å². The molecule has 1 rings (SSSR count). The standard InChI is InChI=1S/C31H56O4S/c1-5-6-7-8-9-10-11-12-13-14-15-16-17-18-19-20-21-22-23-24-35-30-25-28(4)31(36(32,33)34)26-29(30)27(2)3/h25-27H,5-24H2,1-4H3,(H,32,33,34). The van der Waals surface area contributed by atoms with Gasteiger partial charge in [-0.25, -0.2) is 0 Å². The van der Waals surface area contributed by atoms with Gasteiger partial charge in [0, 0.05) is 0 Å². The highest BCUT2D eigenvalue weighted by Crippen LogP contribution is 2.32. The summed E-state index contributed by atoms with van der Waals surface area (Å²) in [5.41, 5.74) is 1.34. The van der Waals surface area contributed by atoms with Gasteiger partial charge >= 0.3 is 0 Å². The van der Waals surface area contributed by atoms with E-state index >= 15 is 0 Å². The molecule has 1 aromatic rings. The third-order valence-electron chi connectivity index (χ3n) is 7.21. The Morgan fingerprint density at radius 1 is 0.694 bits per heavy atom. The Bertz CT molecular complexity index is 786. The zero-order valence-corrected chi connectivity index (χ0v) is 24.8. The van der Waals surface area contributed by atoms with Crippen LogP contribution in [0.5, 0.6) is 5.75 Å². The number of hydrogen-bond donors (Lipinski definition) is 1. The van der Waals surface area contributed by atoms with Crippen molar-refractivity contribution in [3.05, 3.63) is 23.3 Å². The van der Waals surface area contributed by atoms with E-state index in [0.29, 0.717) is 12.2 Å². The molecule has 0 aliphatic rings. The first-order chi connectivity index (χ1) is 17.3. The minimum atomic E-state index is -4.22. The molecule has 0 radical (unpaired) electrons. The van der Waals surface area contributed by atoms with Crippen molar-refractivity contribution in [3.63, 3.8) is 0 Å². The lowest BCUT2D eigenvalue weighted by atomic mass is 10.0. The summed E-state index contributed by atoms with van der Waals surface area (Å²) in [5, 5.41) is 0. The molecule has 1 N–H and O–H groups in total. The molecule has 0 spiro atoms. The van der Waals surface area contributed by atoms with Gasteiger partial charge in [0.25, 0.3) is 10.1 Å². The number of benzene rings is 1. The van der Waals surface area contributed by atoms with Crippen molar-refractivity contribution in [2.24, 2.45) is 0 Å². The number of ether oxygens (including phenoxy) is 1. The van der Waals surface area contributed by atoms with Crippen LogP contribution in [0.25, 0.3) is 0 Å². The van der Waals surface area contributed by atoms with Crippen molar-refractivity contribution in [3.8, 4) is 5.75 Å². The van der Waals surface area contributed by atoms with E-state index in [-0.39, 0.29) is 10.8 Å². The molecular weight excluding hydrogens is 468 g/mol. The van der Waals surface area contributed by atoms with E-state index in [9.17, 15) is 13.0 Å². The molecule has 4 nitrogen and oxygen atoms in total. The van der Waals surface area contributed by atoms with Crippen LogP contribution in [-0.2, 0) is 10.1 Å². The average Bonchev–Trinajstić information content (AvgIpc) is 2.81. The van der Waals surface area contributed by atoms with Gasteiger partial charge in [-0.15, -0.1) is 0 Å². The minimum Gasteiger partial charge on any atom is -0.493 e. The van der Waals surface area contributed by atoms with Gasteiger partial charge in [0.1, 0.15) is 5.75 Å². The van der Waals surface area contributed by atoms with Gasteiger partial charge in [0.15, 0.2) is 0 Å². The summed E-state index contributed by atoms with van der Waals surface area (Å²) in [6.45, 7) is 8.62. The van der Waals surface area contributed by atoms with Crippen LogP contribution in [-0.4, -0.2) is 19.6 Å². The molecular formula is C31H56O4S. The van der Waals surface area contributed by atoms with E-state index in [0.717, 1.165) is 24.2 Å². The lowest BCUT2D eigenvalue weighted by Crippen LogP contribution is -2.07. The van der Waals surface area contributed by atoms with E-state index < -0.39 is 10.1 Å². The first kappa shape index (κ1) is 33.0. The second-order valence-electron chi connectivity index (χ2n) is 11.0. The van der Waals surface area contributed by atoms with E-state index in [1.54, 1.807) is 19.1 Å². The van der Waals surface area contributed by atoms with Crippen LogP contribution in [0.3, 0.4) is 0 Å². The highest BCUT2D eigenvalue weighted by Gasteiger charge is 2.19. The highest BCUT2D eigenvalue weighted by molar-refractivity contribution is 7.85.